The Bertz CT molecular complexity index is 2630. The van der Waals surface area contributed by atoms with Crippen molar-refractivity contribution in [2.75, 3.05) is 25.2 Å². The van der Waals surface area contributed by atoms with Crippen LogP contribution in [0.25, 0.3) is 21.5 Å². The van der Waals surface area contributed by atoms with Crippen LogP contribution in [0.1, 0.15) is 43.2 Å². The van der Waals surface area contributed by atoms with Crippen molar-refractivity contribution >= 4 is 68.4 Å². The number of para-hydroxylation sites is 2. The van der Waals surface area contributed by atoms with Crippen molar-refractivity contribution < 1.29 is 57.4 Å². The molecule has 0 bridgehead atoms. The van der Waals surface area contributed by atoms with Crippen LogP contribution in [0.4, 0.5) is 11.4 Å². The van der Waals surface area contributed by atoms with Crippen molar-refractivity contribution in [1.29, 1.82) is 0 Å². The van der Waals surface area contributed by atoms with E-state index < -0.39 is 59.6 Å². The number of hydrogen-bond acceptors (Lipinski definition) is 18. The molecule has 0 saturated carbocycles. The predicted molar refractivity (Wildman–Crippen MR) is 257 cm³/mol. The number of hydrogen-bond donors (Lipinski definition) is 6. The van der Waals surface area contributed by atoms with Gasteiger partial charge in [-0.25, -0.2) is 30.1 Å². The maximum Gasteiger partial charge on any atom is 0.348 e. The number of esters is 2. The van der Waals surface area contributed by atoms with Gasteiger partial charge in [0.05, 0.1) is 14.2 Å². The van der Waals surface area contributed by atoms with E-state index in [-0.39, 0.29) is 56.4 Å². The van der Waals surface area contributed by atoms with Crippen molar-refractivity contribution in [3.8, 4) is 23.0 Å². The van der Waals surface area contributed by atoms with E-state index in [2.05, 4.69) is 11.0 Å². The predicted octanol–water partition coefficient (Wildman–Crippen LogP) is 5.14. The molecule has 4 atom stereocenters. The Balaban J connectivity index is 0.909. The van der Waals surface area contributed by atoms with Gasteiger partial charge in [0.1, 0.15) is 70.1 Å². The molecule has 0 heterocycles. The summed E-state index contributed by atoms with van der Waals surface area (Å²) >= 11 is 0. The third-order valence-corrected chi connectivity index (χ3v) is 11.0. The van der Waals surface area contributed by atoms with Crippen molar-refractivity contribution in [1.82, 2.24) is 0 Å². The number of nitrogens with one attached hydrogen (secondary N) is 2. The summed E-state index contributed by atoms with van der Waals surface area (Å²) in [7, 11) is 2.98. The highest BCUT2D eigenvalue weighted by Crippen LogP contribution is 2.34. The van der Waals surface area contributed by atoms with Crippen molar-refractivity contribution in [2.24, 2.45) is 22.9 Å². The number of benzene rings is 6. The molecule has 10 N–H and O–H groups in total. The normalized spacial score (nSPS) is 12.7. The lowest BCUT2D eigenvalue weighted by molar-refractivity contribution is -0.143. The minimum absolute atomic E-state index is 0.0661. The molecule has 18 heteroatoms. The lowest BCUT2D eigenvalue weighted by Gasteiger charge is -2.17. The zero-order valence-corrected chi connectivity index (χ0v) is 38.0. The molecule has 6 aromatic carbocycles. The monoisotopic (exact) mass is 942 g/mol. The number of Topliss-reactive ketones (excluding diaryl/α,β-unsaturated/α-hetero) is 2. The molecule has 0 aromatic heterocycles. The summed E-state index contributed by atoms with van der Waals surface area (Å²) < 4.78 is 21.9. The molecule has 6 rings (SSSR count). The number of fused-ring (bicyclic) bond motifs is 2. The van der Waals surface area contributed by atoms with Gasteiger partial charge in [-0.05, 0) is 52.6 Å². The number of methoxy groups -OCH3 is 2. The third-order valence-electron chi connectivity index (χ3n) is 11.0. The first-order valence-corrected chi connectivity index (χ1v) is 22.0. The molecule has 0 aliphatic heterocycles. The minimum atomic E-state index is -1.33. The third kappa shape index (κ3) is 13.6. The van der Waals surface area contributed by atoms with Crippen LogP contribution in [0, 0.1) is 0 Å². The summed E-state index contributed by atoms with van der Waals surface area (Å²) in [5.74, 6) is -3.07. The molecule has 4 unspecified atom stereocenters. The standard InChI is InChI=1S/C51H54N6O12/c1-64-44-24-22-30-12-3-7-18-36(30)46(44)56-68-50(62)38(52)26-32-14-5-9-20-42(32)66-48(60)40(54)28-34(58)16-11-17-35(59)29-41(55)49(61)67-43-21-10-6-15-33(43)27-39(53)51(63)69-57-47-37-19-8-4-13-31(37)23-25-45(47)65-2/h3-10,12-15,18-25,38-41,56-57H,11,16-17,26-29,52-55H2,1-2H3. The van der Waals surface area contributed by atoms with E-state index in [0.29, 0.717) is 34.0 Å². The summed E-state index contributed by atoms with van der Waals surface area (Å²) in [5, 5.41) is 3.30. The minimum Gasteiger partial charge on any atom is -0.494 e. The van der Waals surface area contributed by atoms with Gasteiger partial charge in [0, 0.05) is 49.3 Å². The van der Waals surface area contributed by atoms with Crippen LogP contribution in [0.2, 0.25) is 0 Å². The highest BCUT2D eigenvalue weighted by molar-refractivity contribution is 5.98. The Labute approximate surface area is 397 Å². The average Bonchev–Trinajstić information content (AvgIpc) is 3.35. The van der Waals surface area contributed by atoms with Gasteiger partial charge in [0.25, 0.3) is 0 Å². The van der Waals surface area contributed by atoms with E-state index in [4.69, 9.17) is 51.6 Å². The molecule has 0 radical (unpaired) electrons. The van der Waals surface area contributed by atoms with Gasteiger partial charge < -0.3 is 51.6 Å². The second kappa shape index (κ2) is 24.2. The van der Waals surface area contributed by atoms with Crippen LogP contribution in [-0.4, -0.2) is 73.8 Å². The molecule has 0 aliphatic rings. The number of ketones is 2. The Morgan fingerprint density at radius 1 is 0.449 bits per heavy atom. The van der Waals surface area contributed by atoms with Crippen molar-refractivity contribution in [3.05, 3.63) is 132 Å². The first-order valence-electron chi connectivity index (χ1n) is 22.0. The quantitative estimate of drug-likeness (QED) is 0.0260. The van der Waals surface area contributed by atoms with Crippen LogP contribution in [0.15, 0.2) is 121 Å². The Morgan fingerprint density at radius 2 is 0.826 bits per heavy atom. The molecule has 0 spiro atoms. The second-order valence-electron chi connectivity index (χ2n) is 16.0. The Kier molecular flexibility index (Phi) is 17.7. The van der Waals surface area contributed by atoms with Gasteiger partial charge in [-0.2, -0.15) is 0 Å². The van der Waals surface area contributed by atoms with Crippen molar-refractivity contribution in [2.45, 2.75) is 69.1 Å². The maximum absolute atomic E-state index is 13.0. The smallest absolute Gasteiger partial charge is 0.348 e. The number of carbonyl (C=O) groups excluding carboxylic acids is 6. The van der Waals surface area contributed by atoms with Gasteiger partial charge in [0.15, 0.2) is 0 Å². The van der Waals surface area contributed by atoms with Crippen LogP contribution in [-0.2, 0) is 51.3 Å². The maximum atomic E-state index is 13.0. The van der Waals surface area contributed by atoms with Crippen LogP contribution < -0.4 is 52.8 Å². The van der Waals surface area contributed by atoms with Crippen LogP contribution >= 0.6 is 0 Å². The van der Waals surface area contributed by atoms with Gasteiger partial charge in [-0.15, -0.1) is 0 Å². The van der Waals surface area contributed by atoms with Crippen LogP contribution in [0.5, 0.6) is 23.0 Å². The summed E-state index contributed by atoms with van der Waals surface area (Å²) in [5.41, 5.74) is 31.5. The summed E-state index contributed by atoms with van der Waals surface area (Å²) in [6, 6.07) is 30.0. The first kappa shape index (κ1) is 50.5. The van der Waals surface area contributed by atoms with Gasteiger partial charge in [-0.3, -0.25) is 9.59 Å². The highest BCUT2D eigenvalue weighted by atomic mass is 16.7. The van der Waals surface area contributed by atoms with E-state index >= 15 is 0 Å². The lowest BCUT2D eigenvalue weighted by Crippen LogP contribution is -2.37. The van der Waals surface area contributed by atoms with E-state index in [0.717, 1.165) is 21.5 Å². The first-order chi connectivity index (χ1) is 33.3. The molecular weight excluding hydrogens is 889 g/mol. The second-order valence-corrected chi connectivity index (χ2v) is 16.0. The molecule has 0 saturated heterocycles. The molecule has 6 aromatic rings. The average molecular weight is 943 g/mol. The zero-order chi connectivity index (χ0) is 49.5. The number of carbonyl (C=O) groups is 6. The molecule has 69 heavy (non-hydrogen) atoms. The lowest BCUT2D eigenvalue weighted by atomic mass is 10.0. The molecule has 0 fully saturated rings. The Morgan fingerprint density at radius 3 is 1.23 bits per heavy atom. The summed E-state index contributed by atoms with van der Waals surface area (Å²) in [6.45, 7) is 0. The molecule has 0 aliphatic carbocycles. The van der Waals surface area contributed by atoms with Crippen LogP contribution in [0.3, 0.4) is 0 Å². The fourth-order valence-electron chi connectivity index (χ4n) is 7.30. The number of rotatable bonds is 24. The van der Waals surface area contributed by atoms with Gasteiger partial charge in [-0.1, -0.05) is 97.1 Å². The van der Waals surface area contributed by atoms with Gasteiger partial charge in [0.2, 0.25) is 0 Å². The molecule has 18 nitrogen and oxygen atoms in total. The SMILES string of the molecule is COc1ccc2ccccc2c1NOC(=O)C(N)Cc1ccccc1OC(=O)C(N)CC(=O)CCCC(=O)CC(N)C(=O)Oc1ccccc1CC(N)C(=O)ONc1c(OC)ccc2ccccc12. The fraction of sp³-hybridized carbons (Fsp3) is 0.255. The van der Waals surface area contributed by atoms with E-state index in [1.807, 2.05) is 60.7 Å². The number of anilines is 2. The highest BCUT2D eigenvalue weighted by Gasteiger charge is 2.26. The fourth-order valence-corrected chi connectivity index (χ4v) is 7.30. The molecule has 360 valence electrons. The van der Waals surface area contributed by atoms with Crippen molar-refractivity contribution in [3.63, 3.8) is 0 Å². The zero-order valence-electron chi connectivity index (χ0n) is 38.0. The largest absolute Gasteiger partial charge is 0.494 e. The number of ether oxygens (including phenoxy) is 4. The van der Waals surface area contributed by atoms with E-state index in [1.54, 1.807) is 48.5 Å². The summed E-state index contributed by atoms with van der Waals surface area (Å²) in [6.07, 6.45) is -0.926. The topological polar surface area (TPSA) is 286 Å². The van der Waals surface area contributed by atoms with E-state index in [9.17, 15) is 28.8 Å². The number of nitrogens with two attached hydrogens (primary N) is 4. The Hall–Kier alpha value is -7.90. The van der Waals surface area contributed by atoms with E-state index in [1.165, 1.54) is 26.4 Å². The summed E-state index contributed by atoms with van der Waals surface area (Å²) in [4.78, 5) is 88.1. The molecular formula is C51H54N6O12. The van der Waals surface area contributed by atoms with Gasteiger partial charge >= 0.3 is 23.9 Å². The molecule has 0 amide bonds.